The Hall–Kier alpha value is -1.72. The van der Waals surface area contributed by atoms with Crippen molar-refractivity contribution >= 4 is 93.8 Å². The summed E-state index contributed by atoms with van der Waals surface area (Å²) in [6.45, 7) is 0. The molecule has 2 heterocycles. The van der Waals surface area contributed by atoms with Gasteiger partial charge in [0.05, 0.1) is 0 Å². The standard InChI is InChI=1S/C28H28S4/c1-31(2,3)22-15-17-16-23(32(4,5)6)28-26(19-12-8-10-14-21(19)30-28)24(17)25-18-11-7-9-13-20(18)29-27(22)25/h7-16H,1-6H3. The van der Waals surface area contributed by atoms with Gasteiger partial charge in [-0.3, -0.25) is 0 Å². The molecule has 0 spiro atoms. The summed E-state index contributed by atoms with van der Waals surface area (Å²) < 4.78 is 5.79. The number of fused-ring (bicyclic) bond motifs is 9. The molecule has 0 unspecified atom stereocenters. The maximum atomic E-state index is 2.54. The van der Waals surface area contributed by atoms with Crippen molar-refractivity contribution in [3.05, 3.63) is 60.7 Å². The van der Waals surface area contributed by atoms with Crippen LogP contribution < -0.4 is 0 Å². The highest BCUT2D eigenvalue weighted by Gasteiger charge is 2.24. The van der Waals surface area contributed by atoms with Crippen LogP contribution in [0.1, 0.15) is 0 Å². The molecule has 0 radical (unpaired) electrons. The Morgan fingerprint density at radius 1 is 0.531 bits per heavy atom. The Bertz CT molecular complexity index is 1560. The van der Waals surface area contributed by atoms with Crippen molar-refractivity contribution in [1.29, 1.82) is 0 Å². The summed E-state index contributed by atoms with van der Waals surface area (Å²) in [6, 6.07) is 23.1. The maximum Gasteiger partial charge on any atom is 0.0482 e. The summed E-state index contributed by atoms with van der Waals surface area (Å²) in [5, 5.41) is 8.66. The lowest BCUT2D eigenvalue weighted by Gasteiger charge is -2.29. The van der Waals surface area contributed by atoms with Crippen LogP contribution in [0.2, 0.25) is 0 Å². The molecule has 164 valence electrons. The highest BCUT2D eigenvalue weighted by molar-refractivity contribution is 8.32. The first-order valence-corrected chi connectivity index (χ1v) is 18.1. The summed E-state index contributed by atoms with van der Waals surface area (Å²) in [4.78, 5) is 3.10. The fraction of sp³-hybridized carbons (Fsp3) is 0.214. The third-order valence-electron chi connectivity index (χ3n) is 6.32. The van der Waals surface area contributed by atoms with Gasteiger partial charge in [-0.15, -0.1) is 22.7 Å². The van der Waals surface area contributed by atoms with Gasteiger partial charge in [0, 0.05) is 55.5 Å². The average Bonchev–Trinajstić information content (AvgIpc) is 3.29. The Balaban J connectivity index is 2.00. The molecule has 0 saturated heterocycles. The minimum absolute atomic E-state index is 0.879. The molecule has 4 heteroatoms. The Kier molecular flexibility index (Phi) is 4.49. The van der Waals surface area contributed by atoms with Crippen molar-refractivity contribution in [2.45, 2.75) is 9.79 Å². The van der Waals surface area contributed by atoms with Gasteiger partial charge < -0.3 is 0 Å². The van der Waals surface area contributed by atoms with Crippen molar-refractivity contribution < 1.29 is 0 Å². The van der Waals surface area contributed by atoms with E-state index in [9.17, 15) is 0 Å². The molecule has 0 saturated carbocycles. The zero-order valence-corrected chi connectivity index (χ0v) is 22.7. The zero-order valence-electron chi connectivity index (χ0n) is 19.4. The summed E-state index contributed by atoms with van der Waals surface area (Å²) in [5.41, 5.74) is 0. The Morgan fingerprint density at radius 2 is 0.938 bits per heavy atom. The van der Waals surface area contributed by atoms with Crippen LogP contribution in [0.15, 0.2) is 70.5 Å². The normalized spacial score (nSPS) is 14.3. The summed E-state index contributed by atoms with van der Waals surface area (Å²) in [7, 11) is -1.76. The minimum Gasteiger partial charge on any atom is -0.222 e. The molecule has 0 amide bonds. The van der Waals surface area contributed by atoms with Gasteiger partial charge in [0.1, 0.15) is 0 Å². The van der Waals surface area contributed by atoms with Crippen LogP contribution in [0.4, 0.5) is 0 Å². The first kappa shape index (κ1) is 20.9. The predicted molar refractivity (Wildman–Crippen MR) is 157 cm³/mol. The lowest BCUT2D eigenvalue weighted by atomic mass is 9.98. The van der Waals surface area contributed by atoms with E-state index in [0.717, 1.165) is 0 Å². The quantitative estimate of drug-likeness (QED) is 0.226. The molecule has 0 atom stereocenters. The highest BCUT2D eigenvalue weighted by atomic mass is 32.3. The molecular weight excluding hydrogens is 465 g/mol. The lowest BCUT2D eigenvalue weighted by molar-refractivity contribution is 1.55. The van der Waals surface area contributed by atoms with Crippen LogP contribution in [0.3, 0.4) is 0 Å². The van der Waals surface area contributed by atoms with Crippen molar-refractivity contribution in [2.24, 2.45) is 0 Å². The molecule has 0 fully saturated rings. The molecule has 6 rings (SSSR count). The van der Waals surface area contributed by atoms with E-state index in [2.05, 4.69) is 98.2 Å². The second-order valence-electron chi connectivity index (χ2n) is 10.1. The van der Waals surface area contributed by atoms with Crippen LogP contribution >= 0.6 is 42.7 Å². The van der Waals surface area contributed by atoms with E-state index in [1.165, 1.54) is 51.1 Å². The summed E-state index contributed by atoms with van der Waals surface area (Å²) in [6.07, 6.45) is 14.6. The largest absolute Gasteiger partial charge is 0.222 e. The smallest absolute Gasteiger partial charge is 0.0482 e. The molecule has 0 aliphatic rings. The van der Waals surface area contributed by atoms with Crippen molar-refractivity contribution in [2.75, 3.05) is 37.5 Å². The van der Waals surface area contributed by atoms with E-state index < -0.39 is 20.1 Å². The second-order valence-corrected chi connectivity index (χ2v) is 20.5. The Morgan fingerprint density at radius 3 is 1.34 bits per heavy atom. The number of thiophene rings is 2. The highest BCUT2D eigenvalue weighted by Crippen LogP contribution is 2.58. The van der Waals surface area contributed by atoms with Crippen molar-refractivity contribution in [3.8, 4) is 0 Å². The van der Waals surface area contributed by atoms with E-state index in [4.69, 9.17) is 0 Å². The maximum absolute atomic E-state index is 2.54. The summed E-state index contributed by atoms with van der Waals surface area (Å²) in [5.74, 6) is 0. The predicted octanol–water partition coefficient (Wildman–Crippen LogP) is 9.68. The monoisotopic (exact) mass is 492 g/mol. The van der Waals surface area contributed by atoms with Crippen LogP contribution in [-0.4, -0.2) is 37.5 Å². The van der Waals surface area contributed by atoms with Crippen LogP contribution in [0, 0.1) is 0 Å². The van der Waals surface area contributed by atoms with Crippen molar-refractivity contribution in [1.82, 2.24) is 0 Å². The molecule has 0 aliphatic heterocycles. The molecule has 0 N–H and O–H groups in total. The van der Waals surface area contributed by atoms with Crippen LogP contribution in [0.25, 0.3) is 51.1 Å². The molecule has 0 bridgehead atoms. The van der Waals surface area contributed by atoms with Crippen LogP contribution in [0.5, 0.6) is 0 Å². The Labute approximate surface area is 200 Å². The van der Waals surface area contributed by atoms with Gasteiger partial charge in [0.2, 0.25) is 0 Å². The summed E-state index contributed by atoms with van der Waals surface area (Å²) >= 11 is 3.97. The van der Waals surface area contributed by atoms with E-state index in [1.807, 2.05) is 22.7 Å². The molecule has 2 aromatic heterocycles. The van der Waals surface area contributed by atoms with E-state index in [-0.39, 0.29) is 0 Å². The molecule has 6 aromatic rings. The number of rotatable bonds is 2. The molecule has 4 aromatic carbocycles. The number of benzene rings is 4. The van der Waals surface area contributed by atoms with Gasteiger partial charge in [0.25, 0.3) is 0 Å². The SMILES string of the molecule is CS(C)(C)c1cc2cc(S(C)(C)C)c3sc4ccccc4c3c2c2c1sc1ccccc12. The number of hydrogen-bond donors (Lipinski definition) is 0. The zero-order chi connectivity index (χ0) is 22.4. The first-order chi connectivity index (χ1) is 15.1. The fourth-order valence-electron chi connectivity index (χ4n) is 4.86. The van der Waals surface area contributed by atoms with Gasteiger partial charge in [-0.1, -0.05) is 36.4 Å². The third-order valence-corrected chi connectivity index (χ3v) is 12.3. The molecule has 32 heavy (non-hydrogen) atoms. The average molecular weight is 493 g/mol. The van der Waals surface area contributed by atoms with Gasteiger partial charge in [-0.25, -0.2) is 20.1 Å². The lowest BCUT2D eigenvalue weighted by Crippen LogP contribution is -1.96. The topological polar surface area (TPSA) is 0 Å². The van der Waals surface area contributed by atoms with E-state index in [0.29, 0.717) is 0 Å². The molecule has 0 nitrogen and oxygen atoms in total. The third kappa shape index (κ3) is 2.96. The van der Waals surface area contributed by atoms with E-state index >= 15 is 0 Å². The van der Waals surface area contributed by atoms with Gasteiger partial charge >= 0.3 is 0 Å². The fourth-order valence-corrected chi connectivity index (χ4v) is 11.1. The van der Waals surface area contributed by atoms with E-state index in [1.54, 1.807) is 9.79 Å². The van der Waals surface area contributed by atoms with Gasteiger partial charge in [0.15, 0.2) is 0 Å². The van der Waals surface area contributed by atoms with Crippen molar-refractivity contribution in [3.63, 3.8) is 0 Å². The van der Waals surface area contributed by atoms with Gasteiger partial charge in [-0.05, 0) is 67.2 Å². The first-order valence-electron chi connectivity index (χ1n) is 10.7. The number of hydrogen-bond acceptors (Lipinski definition) is 2. The molecular formula is C28H28S4. The molecule has 0 aliphatic carbocycles. The van der Waals surface area contributed by atoms with Crippen LogP contribution in [-0.2, 0) is 0 Å². The minimum atomic E-state index is -0.879. The second kappa shape index (κ2) is 6.89. The van der Waals surface area contributed by atoms with Gasteiger partial charge in [-0.2, -0.15) is 0 Å².